The molecular weight excluding hydrogens is 264 g/mol. The minimum Gasteiger partial charge on any atom is -0.391 e. The van der Waals surface area contributed by atoms with Gasteiger partial charge in [0.2, 0.25) is 0 Å². The number of nitrogens with zero attached hydrogens (tertiary/aromatic N) is 4. The van der Waals surface area contributed by atoms with E-state index in [0.29, 0.717) is 6.42 Å². The zero-order chi connectivity index (χ0) is 15.3. The summed E-state index contributed by atoms with van der Waals surface area (Å²) in [5.41, 5.74) is -0.0630. The number of hydrogen-bond acceptors (Lipinski definition) is 4. The van der Waals surface area contributed by atoms with E-state index in [0.717, 1.165) is 44.7 Å². The predicted molar refractivity (Wildman–Crippen MR) is 84.1 cm³/mol. The lowest BCUT2D eigenvalue weighted by Crippen LogP contribution is -2.55. The largest absolute Gasteiger partial charge is 0.391 e. The van der Waals surface area contributed by atoms with Gasteiger partial charge >= 0.3 is 0 Å². The van der Waals surface area contributed by atoms with Crippen LogP contribution in [0.15, 0.2) is 6.33 Å². The summed E-state index contributed by atoms with van der Waals surface area (Å²) >= 11 is 0. The van der Waals surface area contributed by atoms with Gasteiger partial charge in [-0.2, -0.15) is 5.10 Å². The van der Waals surface area contributed by atoms with Gasteiger partial charge in [0.15, 0.2) is 0 Å². The van der Waals surface area contributed by atoms with Crippen molar-refractivity contribution in [2.24, 2.45) is 0 Å². The van der Waals surface area contributed by atoms with Crippen LogP contribution in [0.1, 0.15) is 58.7 Å². The third-order valence-corrected chi connectivity index (χ3v) is 4.99. The first-order valence-corrected chi connectivity index (χ1v) is 8.47. The highest BCUT2D eigenvalue weighted by Gasteiger charge is 2.44. The average molecular weight is 294 g/mol. The summed E-state index contributed by atoms with van der Waals surface area (Å²) in [6.07, 6.45) is 7.51. The van der Waals surface area contributed by atoms with Gasteiger partial charge in [-0.3, -0.25) is 9.58 Å². The minimum atomic E-state index is -0.361. The first-order chi connectivity index (χ1) is 10.2. The number of aromatic nitrogens is 3. The molecule has 0 saturated heterocycles. The van der Waals surface area contributed by atoms with Crippen LogP contribution in [0, 0.1) is 0 Å². The molecule has 1 aromatic heterocycles. The number of hydrogen-bond donors (Lipinski definition) is 1. The molecule has 0 amide bonds. The number of aliphatic hydroxyl groups is 1. The quantitative estimate of drug-likeness (QED) is 0.799. The molecule has 0 radical (unpaired) electrons. The molecule has 5 heteroatoms. The zero-order valence-corrected chi connectivity index (χ0v) is 13.8. The molecule has 1 aliphatic carbocycles. The lowest BCUT2D eigenvalue weighted by Gasteiger charge is -2.44. The van der Waals surface area contributed by atoms with E-state index in [1.54, 1.807) is 6.33 Å². The molecule has 1 atom stereocenters. The first kappa shape index (κ1) is 16.4. The smallest absolute Gasteiger partial charge is 0.138 e. The first-order valence-electron chi connectivity index (χ1n) is 8.47. The van der Waals surface area contributed by atoms with E-state index in [2.05, 4.69) is 35.8 Å². The maximum Gasteiger partial charge on any atom is 0.138 e. The molecule has 0 spiro atoms. The second kappa shape index (κ2) is 7.36. The monoisotopic (exact) mass is 294 g/mol. The van der Waals surface area contributed by atoms with Crippen LogP contribution in [0.5, 0.6) is 0 Å². The molecule has 120 valence electrons. The van der Waals surface area contributed by atoms with Gasteiger partial charge < -0.3 is 5.11 Å². The van der Waals surface area contributed by atoms with Crippen molar-refractivity contribution in [1.82, 2.24) is 19.7 Å². The molecular formula is C16H30N4O. The van der Waals surface area contributed by atoms with Gasteiger partial charge in [-0.15, -0.1) is 0 Å². The highest BCUT2D eigenvalue weighted by molar-refractivity contribution is 5.03. The fraction of sp³-hybridized carbons (Fsp3) is 0.875. The Morgan fingerprint density at radius 3 is 2.52 bits per heavy atom. The van der Waals surface area contributed by atoms with Crippen LogP contribution in [0.4, 0.5) is 0 Å². The van der Waals surface area contributed by atoms with Gasteiger partial charge in [-0.25, -0.2) is 4.98 Å². The van der Waals surface area contributed by atoms with E-state index in [9.17, 15) is 5.11 Å². The summed E-state index contributed by atoms with van der Waals surface area (Å²) in [7, 11) is 0. The minimum absolute atomic E-state index is 0.0630. The summed E-state index contributed by atoms with van der Waals surface area (Å²) in [6.45, 7) is 9.38. The third kappa shape index (κ3) is 3.29. The van der Waals surface area contributed by atoms with E-state index in [-0.39, 0.29) is 11.6 Å². The van der Waals surface area contributed by atoms with E-state index in [1.165, 1.54) is 12.8 Å². The lowest BCUT2D eigenvalue weighted by atomic mass is 9.86. The Bertz CT molecular complexity index is 422. The van der Waals surface area contributed by atoms with Crippen molar-refractivity contribution in [3.63, 3.8) is 0 Å². The van der Waals surface area contributed by atoms with Crippen LogP contribution in [-0.4, -0.2) is 49.5 Å². The highest BCUT2D eigenvalue weighted by Crippen LogP contribution is 2.39. The van der Waals surface area contributed by atoms with E-state index in [1.807, 2.05) is 4.68 Å². The summed E-state index contributed by atoms with van der Waals surface area (Å²) < 4.78 is 1.94. The summed E-state index contributed by atoms with van der Waals surface area (Å²) in [4.78, 5) is 6.81. The van der Waals surface area contributed by atoms with Crippen LogP contribution in [0.2, 0.25) is 0 Å². The molecule has 1 heterocycles. The van der Waals surface area contributed by atoms with E-state index < -0.39 is 0 Å². The highest BCUT2D eigenvalue weighted by atomic mass is 16.3. The van der Waals surface area contributed by atoms with Gasteiger partial charge in [0.1, 0.15) is 12.2 Å². The molecule has 1 aliphatic rings. The molecule has 1 fully saturated rings. The summed E-state index contributed by atoms with van der Waals surface area (Å²) in [6, 6.07) is 0. The van der Waals surface area contributed by atoms with Crippen molar-refractivity contribution in [2.75, 3.05) is 13.1 Å². The predicted octanol–water partition coefficient (Wildman–Crippen LogP) is 2.25. The van der Waals surface area contributed by atoms with Gasteiger partial charge in [0.05, 0.1) is 6.10 Å². The van der Waals surface area contributed by atoms with Crippen LogP contribution in [-0.2, 0) is 13.0 Å². The van der Waals surface area contributed by atoms with Crippen molar-refractivity contribution < 1.29 is 5.11 Å². The van der Waals surface area contributed by atoms with Crippen molar-refractivity contribution in [3.8, 4) is 0 Å². The maximum absolute atomic E-state index is 11.0. The van der Waals surface area contributed by atoms with Crippen LogP contribution in [0.25, 0.3) is 0 Å². The molecule has 1 N–H and O–H groups in total. The number of rotatable bonds is 8. The molecule has 0 bridgehead atoms. The van der Waals surface area contributed by atoms with Crippen LogP contribution in [0.3, 0.4) is 0 Å². The summed E-state index contributed by atoms with van der Waals surface area (Å²) in [5.74, 6) is 0.919. The fourth-order valence-corrected chi connectivity index (χ4v) is 3.91. The Morgan fingerprint density at radius 1 is 1.29 bits per heavy atom. The molecule has 5 nitrogen and oxygen atoms in total. The Kier molecular flexibility index (Phi) is 5.76. The SMILES string of the molecule is CCCn1ncnc1CC(O)C1(N(CC)CC)CCCC1. The molecule has 21 heavy (non-hydrogen) atoms. The molecule has 1 unspecified atom stereocenters. The summed E-state index contributed by atoms with van der Waals surface area (Å²) in [5, 5.41) is 15.2. The van der Waals surface area contributed by atoms with Crippen LogP contribution >= 0.6 is 0 Å². The number of aliphatic hydroxyl groups excluding tert-OH is 1. The van der Waals surface area contributed by atoms with Crippen molar-refractivity contribution in [2.45, 2.75) is 77.5 Å². The van der Waals surface area contributed by atoms with E-state index in [4.69, 9.17) is 0 Å². The van der Waals surface area contributed by atoms with E-state index >= 15 is 0 Å². The van der Waals surface area contributed by atoms with Crippen molar-refractivity contribution in [1.29, 1.82) is 0 Å². The second-order valence-corrected chi connectivity index (χ2v) is 6.10. The average Bonchev–Trinajstić information content (AvgIpc) is 3.12. The molecule has 0 aliphatic heterocycles. The standard InChI is InChI=1S/C16H30N4O/c1-4-11-20-15(17-13-18-20)12-14(21)16(9-7-8-10-16)19(5-2)6-3/h13-14,21H,4-12H2,1-3H3. The Labute approximate surface area is 128 Å². The Morgan fingerprint density at radius 2 is 1.95 bits per heavy atom. The van der Waals surface area contributed by atoms with Gasteiger partial charge in [0, 0.05) is 18.5 Å². The molecule has 2 rings (SSSR count). The van der Waals surface area contributed by atoms with Gasteiger partial charge in [-0.1, -0.05) is 33.6 Å². The number of likely N-dealkylation sites (N-methyl/N-ethyl adjacent to an activating group) is 1. The second-order valence-electron chi connectivity index (χ2n) is 6.10. The normalized spacial score (nSPS) is 19.3. The molecule has 1 saturated carbocycles. The lowest BCUT2D eigenvalue weighted by molar-refractivity contribution is -0.0258. The Hall–Kier alpha value is -0.940. The Balaban J connectivity index is 2.15. The number of aryl methyl sites for hydroxylation is 1. The van der Waals surface area contributed by atoms with Crippen molar-refractivity contribution in [3.05, 3.63) is 12.2 Å². The van der Waals surface area contributed by atoms with Crippen LogP contribution < -0.4 is 0 Å². The molecule has 0 aromatic carbocycles. The third-order valence-electron chi connectivity index (χ3n) is 4.99. The van der Waals surface area contributed by atoms with Crippen molar-refractivity contribution >= 4 is 0 Å². The maximum atomic E-state index is 11.0. The molecule has 1 aromatic rings. The topological polar surface area (TPSA) is 54.2 Å². The van der Waals surface area contributed by atoms with Gasteiger partial charge in [-0.05, 0) is 32.4 Å². The van der Waals surface area contributed by atoms with Gasteiger partial charge in [0.25, 0.3) is 0 Å². The fourth-order valence-electron chi connectivity index (χ4n) is 3.91. The zero-order valence-electron chi connectivity index (χ0n) is 13.8.